The maximum Gasteiger partial charge on any atom is 0.250 e. The molecule has 1 heterocycles. The van der Waals surface area contributed by atoms with Gasteiger partial charge in [0.2, 0.25) is 0 Å². The molecule has 1 aromatic rings. The third-order valence-electron chi connectivity index (χ3n) is 2.74. The molecule has 0 atom stereocenters. The summed E-state index contributed by atoms with van der Waals surface area (Å²) in [5.74, 6) is 0. The van der Waals surface area contributed by atoms with Gasteiger partial charge in [-0.2, -0.15) is 0 Å². The van der Waals surface area contributed by atoms with Gasteiger partial charge in [0.1, 0.15) is 0 Å². The van der Waals surface area contributed by atoms with E-state index in [1.54, 1.807) is 10.6 Å². The van der Waals surface area contributed by atoms with Gasteiger partial charge in [-0.3, -0.25) is 4.79 Å². The van der Waals surface area contributed by atoms with E-state index in [2.05, 4.69) is 10.0 Å². The van der Waals surface area contributed by atoms with E-state index in [9.17, 15) is 4.79 Å². The molecule has 0 saturated carbocycles. The molecule has 2 rings (SSSR count). The molecule has 0 bridgehead atoms. The van der Waals surface area contributed by atoms with Crippen molar-refractivity contribution in [3.63, 3.8) is 0 Å². The fraction of sp³-hybridized carbons (Fsp3) is 0.500. The van der Waals surface area contributed by atoms with Crippen molar-refractivity contribution >= 4 is 0 Å². The van der Waals surface area contributed by atoms with Crippen LogP contribution in [0, 0.1) is 0 Å². The molecule has 1 aliphatic carbocycles. The molecule has 0 saturated heterocycles. The third kappa shape index (κ3) is 1.87. The minimum absolute atomic E-state index is 0.00351. The smallest absolute Gasteiger partial charge is 0.250 e. The highest BCUT2D eigenvalue weighted by molar-refractivity contribution is 5.25. The molecule has 5 nitrogen and oxygen atoms in total. The normalized spacial score (nSPS) is 13.3. The predicted octanol–water partition coefficient (Wildman–Crippen LogP) is 1.65. The Labute approximate surface area is 87.0 Å². The molecule has 0 aromatic carbocycles. The lowest BCUT2D eigenvalue weighted by Crippen LogP contribution is -2.23. The molecule has 1 aliphatic rings. The summed E-state index contributed by atoms with van der Waals surface area (Å²) in [4.78, 5) is 14.3. The van der Waals surface area contributed by atoms with E-state index in [-0.39, 0.29) is 5.56 Å². The molecule has 15 heavy (non-hydrogen) atoms. The van der Waals surface area contributed by atoms with Gasteiger partial charge in [-0.15, -0.1) is 0 Å². The number of azide groups is 1. The van der Waals surface area contributed by atoms with E-state index in [1.165, 1.54) is 5.56 Å². The van der Waals surface area contributed by atoms with Crippen molar-refractivity contribution in [3.05, 3.63) is 44.2 Å². The van der Waals surface area contributed by atoms with Crippen molar-refractivity contribution in [2.75, 3.05) is 6.54 Å². The largest absolute Gasteiger partial charge is 0.312 e. The molecular weight excluding hydrogens is 192 g/mol. The van der Waals surface area contributed by atoms with Crippen molar-refractivity contribution in [1.29, 1.82) is 0 Å². The van der Waals surface area contributed by atoms with E-state index < -0.39 is 0 Å². The molecule has 78 valence electrons. The Hall–Kier alpha value is -1.74. The zero-order valence-electron chi connectivity index (χ0n) is 8.39. The molecular formula is C10H12N4O. The standard InChI is InChI=1S/C10H12N4O/c11-13-12-6-7-14-9-3-1-2-8(9)4-5-10(14)15/h4-5H,1-3,6-7H2. The topological polar surface area (TPSA) is 70.8 Å². The van der Waals surface area contributed by atoms with E-state index >= 15 is 0 Å². The number of aryl methyl sites for hydroxylation is 1. The maximum absolute atomic E-state index is 11.6. The summed E-state index contributed by atoms with van der Waals surface area (Å²) in [5, 5.41) is 3.45. The second-order valence-electron chi connectivity index (χ2n) is 3.60. The van der Waals surface area contributed by atoms with Gasteiger partial charge in [-0.25, -0.2) is 0 Å². The van der Waals surface area contributed by atoms with Crippen LogP contribution in [0.25, 0.3) is 10.4 Å². The molecule has 0 spiro atoms. The van der Waals surface area contributed by atoms with Gasteiger partial charge in [-0.1, -0.05) is 11.2 Å². The monoisotopic (exact) mass is 204 g/mol. The zero-order chi connectivity index (χ0) is 10.7. The van der Waals surface area contributed by atoms with E-state index in [0.717, 1.165) is 25.0 Å². The number of rotatable bonds is 3. The first-order chi connectivity index (χ1) is 7.33. The van der Waals surface area contributed by atoms with Crippen molar-refractivity contribution in [2.45, 2.75) is 25.8 Å². The summed E-state index contributed by atoms with van der Waals surface area (Å²) in [6.07, 6.45) is 3.12. The van der Waals surface area contributed by atoms with Crippen LogP contribution in [0.1, 0.15) is 17.7 Å². The minimum Gasteiger partial charge on any atom is -0.312 e. The second kappa shape index (κ2) is 4.19. The highest BCUT2D eigenvalue weighted by atomic mass is 16.1. The van der Waals surface area contributed by atoms with Gasteiger partial charge in [0.25, 0.3) is 5.56 Å². The van der Waals surface area contributed by atoms with Gasteiger partial charge >= 0.3 is 0 Å². The Balaban J connectivity index is 2.33. The molecule has 0 unspecified atom stereocenters. The van der Waals surface area contributed by atoms with Crippen molar-refractivity contribution in [3.8, 4) is 0 Å². The van der Waals surface area contributed by atoms with Gasteiger partial charge < -0.3 is 4.57 Å². The van der Waals surface area contributed by atoms with Crippen molar-refractivity contribution in [2.24, 2.45) is 5.11 Å². The van der Waals surface area contributed by atoms with Crippen molar-refractivity contribution in [1.82, 2.24) is 4.57 Å². The van der Waals surface area contributed by atoms with Crippen LogP contribution in [0.4, 0.5) is 0 Å². The maximum atomic E-state index is 11.6. The highest BCUT2D eigenvalue weighted by Crippen LogP contribution is 2.19. The Morgan fingerprint density at radius 1 is 1.47 bits per heavy atom. The molecule has 0 fully saturated rings. The number of pyridine rings is 1. The summed E-state index contributed by atoms with van der Waals surface area (Å²) in [5.41, 5.74) is 10.6. The first-order valence-electron chi connectivity index (χ1n) is 5.05. The molecule has 0 N–H and O–H groups in total. The lowest BCUT2D eigenvalue weighted by molar-refractivity contribution is 0.645. The Kier molecular flexibility index (Phi) is 2.74. The average Bonchev–Trinajstić information content (AvgIpc) is 2.69. The van der Waals surface area contributed by atoms with Crippen LogP contribution in [0.3, 0.4) is 0 Å². The summed E-state index contributed by atoms with van der Waals surface area (Å²) >= 11 is 0. The van der Waals surface area contributed by atoms with Gasteiger partial charge in [0.15, 0.2) is 0 Å². The summed E-state index contributed by atoms with van der Waals surface area (Å²) in [7, 11) is 0. The fourth-order valence-electron chi connectivity index (χ4n) is 2.07. The van der Waals surface area contributed by atoms with E-state index in [4.69, 9.17) is 5.53 Å². The zero-order valence-corrected chi connectivity index (χ0v) is 8.39. The Morgan fingerprint density at radius 3 is 3.13 bits per heavy atom. The van der Waals surface area contributed by atoms with Crippen LogP contribution < -0.4 is 5.56 Å². The number of aromatic nitrogens is 1. The quantitative estimate of drug-likeness (QED) is 0.419. The lowest BCUT2D eigenvalue weighted by atomic mass is 10.2. The molecule has 0 amide bonds. The van der Waals surface area contributed by atoms with Crippen LogP contribution in [-0.2, 0) is 19.4 Å². The summed E-state index contributed by atoms with van der Waals surface area (Å²) < 4.78 is 1.73. The van der Waals surface area contributed by atoms with Gasteiger partial charge in [0.05, 0.1) is 0 Å². The molecule has 1 aromatic heterocycles. The number of hydrogen-bond acceptors (Lipinski definition) is 2. The summed E-state index contributed by atoms with van der Waals surface area (Å²) in [6, 6.07) is 3.51. The van der Waals surface area contributed by atoms with Crippen LogP contribution in [0.2, 0.25) is 0 Å². The molecule has 5 heteroatoms. The summed E-state index contributed by atoms with van der Waals surface area (Å²) in [6.45, 7) is 0.832. The molecule has 0 aliphatic heterocycles. The second-order valence-corrected chi connectivity index (χ2v) is 3.60. The van der Waals surface area contributed by atoms with E-state index in [1.807, 2.05) is 6.07 Å². The van der Waals surface area contributed by atoms with Crippen molar-refractivity contribution < 1.29 is 0 Å². The predicted molar refractivity (Wildman–Crippen MR) is 56.7 cm³/mol. The van der Waals surface area contributed by atoms with Crippen LogP contribution in [0.5, 0.6) is 0 Å². The first-order valence-corrected chi connectivity index (χ1v) is 5.05. The van der Waals surface area contributed by atoms with Crippen LogP contribution in [0.15, 0.2) is 22.0 Å². The highest BCUT2D eigenvalue weighted by Gasteiger charge is 2.14. The molecule has 0 radical (unpaired) electrons. The van der Waals surface area contributed by atoms with Gasteiger partial charge in [-0.05, 0) is 30.4 Å². The average molecular weight is 204 g/mol. The number of fused-ring (bicyclic) bond motifs is 1. The van der Waals surface area contributed by atoms with Crippen LogP contribution in [-0.4, -0.2) is 11.1 Å². The third-order valence-corrected chi connectivity index (χ3v) is 2.74. The number of nitrogens with zero attached hydrogens (tertiary/aromatic N) is 4. The SMILES string of the molecule is [N-]=[N+]=NCCn1c2c(ccc1=O)CCC2. The first kappa shape index (κ1) is 9.80. The Bertz CT molecular complexity index is 471. The number of hydrogen-bond donors (Lipinski definition) is 0. The lowest BCUT2D eigenvalue weighted by Gasteiger charge is -2.09. The van der Waals surface area contributed by atoms with Crippen LogP contribution >= 0.6 is 0 Å². The van der Waals surface area contributed by atoms with E-state index in [0.29, 0.717) is 13.1 Å². The fourth-order valence-corrected chi connectivity index (χ4v) is 2.07. The Morgan fingerprint density at radius 2 is 2.33 bits per heavy atom. The van der Waals surface area contributed by atoms with Gasteiger partial charge in [0, 0.05) is 29.8 Å². The minimum atomic E-state index is 0.00351.